The average molecular weight is 444 g/mol. The lowest BCUT2D eigenvalue weighted by Crippen LogP contribution is -2.27. The number of hydrogen-bond acceptors (Lipinski definition) is 5. The van der Waals surface area contributed by atoms with Crippen molar-refractivity contribution in [2.75, 3.05) is 18.8 Å². The number of fused-ring (bicyclic) bond motifs is 1. The Labute approximate surface area is 194 Å². The normalized spacial score (nSPS) is 18.8. The minimum atomic E-state index is -0.126. The molecule has 2 aliphatic rings. The van der Waals surface area contributed by atoms with Crippen molar-refractivity contribution < 1.29 is 9.53 Å². The van der Waals surface area contributed by atoms with E-state index in [1.54, 1.807) is 11.8 Å². The third-order valence-electron chi connectivity index (χ3n) is 6.73. The van der Waals surface area contributed by atoms with E-state index in [0.717, 1.165) is 47.2 Å². The Bertz CT molecular complexity index is 1220. The summed E-state index contributed by atoms with van der Waals surface area (Å²) in [5.74, 6) is 6.57. The fraction of sp³-hybridized carbons (Fsp3) is 0.423. The summed E-state index contributed by atoms with van der Waals surface area (Å²) >= 11 is 0. The second kappa shape index (κ2) is 9.14. The van der Waals surface area contributed by atoms with Gasteiger partial charge in [-0.15, -0.1) is 0 Å². The van der Waals surface area contributed by atoms with Gasteiger partial charge in [0.25, 0.3) is 5.91 Å². The summed E-state index contributed by atoms with van der Waals surface area (Å²) in [4.78, 5) is 22.8. The van der Waals surface area contributed by atoms with Crippen LogP contribution in [0.5, 0.6) is 5.75 Å². The molecule has 1 aromatic carbocycles. The molecule has 1 atom stereocenters. The number of ether oxygens (including phenoxy) is 1. The number of nitrogens with zero attached hydrogens (tertiary/aromatic N) is 4. The second-order valence-corrected chi connectivity index (χ2v) is 8.88. The van der Waals surface area contributed by atoms with Crippen LogP contribution < -0.4 is 10.5 Å². The van der Waals surface area contributed by atoms with Crippen LogP contribution in [0.3, 0.4) is 0 Å². The van der Waals surface area contributed by atoms with E-state index in [4.69, 9.17) is 10.5 Å². The molecule has 1 saturated heterocycles. The first-order valence-corrected chi connectivity index (χ1v) is 11.7. The number of amides is 1. The molecule has 1 amide bonds. The van der Waals surface area contributed by atoms with Gasteiger partial charge in [0.15, 0.2) is 0 Å². The Morgan fingerprint density at radius 1 is 1.12 bits per heavy atom. The van der Waals surface area contributed by atoms with Crippen LogP contribution in [0.25, 0.3) is 22.2 Å². The number of hydrogen-bond donors (Lipinski definition) is 1. The Hall–Kier alpha value is -3.53. The lowest BCUT2D eigenvalue weighted by molar-refractivity contribution is -0.124. The van der Waals surface area contributed by atoms with Crippen molar-refractivity contribution in [2.24, 2.45) is 0 Å². The van der Waals surface area contributed by atoms with Crippen molar-refractivity contribution >= 4 is 22.8 Å². The van der Waals surface area contributed by atoms with Crippen LogP contribution in [0.15, 0.2) is 36.8 Å². The molecular weight excluding hydrogens is 414 g/mol. The van der Waals surface area contributed by atoms with E-state index in [1.807, 2.05) is 12.1 Å². The lowest BCUT2D eigenvalue weighted by atomic mass is 9.98. The highest BCUT2D eigenvalue weighted by molar-refractivity contribution is 6.00. The molecule has 7 heteroatoms. The molecule has 3 aromatic rings. The number of rotatable bonds is 4. The van der Waals surface area contributed by atoms with Crippen LogP contribution in [0.1, 0.15) is 51.5 Å². The average Bonchev–Trinajstić information content (AvgIpc) is 3.47. The van der Waals surface area contributed by atoms with Gasteiger partial charge in [-0.1, -0.05) is 24.5 Å². The number of carbonyl (C=O) groups is 1. The number of aromatic nitrogens is 3. The number of anilines is 1. The Morgan fingerprint density at radius 2 is 1.91 bits per heavy atom. The van der Waals surface area contributed by atoms with Gasteiger partial charge in [0.1, 0.15) is 23.5 Å². The molecule has 7 nitrogen and oxygen atoms in total. The summed E-state index contributed by atoms with van der Waals surface area (Å²) in [5.41, 5.74) is 9.13. The highest BCUT2D eigenvalue weighted by Crippen LogP contribution is 2.37. The van der Waals surface area contributed by atoms with Crippen LogP contribution in [-0.2, 0) is 4.79 Å². The van der Waals surface area contributed by atoms with Gasteiger partial charge in [-0.3, -0.25) is 4.79 Å². The topological polar surface area (TPSA) is 86.3 Å². The van der Waals surface area contributed by atoms with Crippen LogP contribution in [0.2, 0.25) is 0 Å². The van der Waals surface area contributed by atoms with Gasteiger partial charge < -0.3 is 19.9 Å². The third kappa shape index (κ3) is 4.25. The van der Waals surface area contributed by atoms with E-state index < -0.39 is 0 Å². The second-order valence-electron chi connectivity index (χ2n) is 8.88. The van der Waals surface area contributed by atoms with Gasteiger partial charge in [-0.05, 0) is 62.6 Å². The van der Waals surface area contributed by atoms with Crippen molar-refractivity contribution in [2.45, 2.75) is 57.6 Å². The van der Waals surface area contributed by atoms with E-state index >= 15 is 0 Å². The highest BCUT2D eigenvalue weighted by Gasteiger charge is 2.29. The maximum Gasteiger partial charge on any atom is 0.298 e. The number of carbonyl (C=O) groups excluding carboxylic acids is 1. The number of nitrogens with two attached hydrogens (primary N) is 1. The zero-order valence-electron chi connectivity index (χ0n) is 19.0. The standard InChI is InChI=1S/C26H29N5O2/c1-2-6-23(32)30-14-13-19(15-30)31-16-22(24-25(27)28-17-29-26(24)31)18-9-11-21(12-10-18)33-20-7-4-3-5-8-20/h9-12,16-17,19-20H,3-5,7-8,13-15H2,1H3,(H2,27,28,29). The summed E-state index contributed by atoms with van der Waals surface area (Å²) < 4.78 is 8.34. The van der Waals surface area contributed by atoms with Crippen molar-refractivity contribution in [3.05, 3.63) is 36.8 Å². The van der Waals surface area contributed by atoms with Crippen molar-refractivity contribution in [3.8, 4) is 28.7 Å². The monoisotopic (exact) mass is 443 g/mol. The molecule has 0 radical (unpaired) electrons. The van der Waals surface area contributed by atoms with E-state index in [1.165, 1.54) is 25.6 Å². The van der Waals surface area contributed by atoms with Crippen LogP contribution in [0.4, 0.5) is 5.82 Å². The summed E-state index contributed by atoms with van der Waals surface area (Å²) in [6.45, 7) is 2.97. The molecule has 2 fully saturated rings. The van der Waals surface area contributed by atoms with E-state index in [0.29, 0.717) is 25.0 Å². The Kier molecular flexibility index (Phi) is 5.91. The Morgan fingerprint density at radius 3 is 2.67 bits per heavy atom. The van der Waals surface area contributed by atoms with Crippen molar-refractivity contribution in [1.82, 2.24) is 19.4 Å². The van der Waals surface area contributed by atoms with Gasteiger partial charge >= 0.3 is 0 Å². The highest BCUT2D eigenvalue weighted by atomic mass is 16.5. The summed E-state index contributed by atoms with van der Waals surface area (Å²) in [6, 6.07) is 8.33. The zero-order valence-corrected chi connectivity index (χ0v) is 19.0. The van der Waals surface area contributed by atoms with Gasteiger partial charge in [-0.2, -0.15) is 0 Å². The number of nitrogen functional groups attached to an aromatic ring is 1. The van der Waals surface area contributed by atoms with Crippen LogP contribution >= 0.6 is 0 Å². The first kappa shape index (κ1) is 21.3. The molecule has 1 unspecified atom stereocenters. The van der Waals surface area contributed by atoms with Gasteiger partial charge in [-0.25, -0.2) is 9.97 Å². The number of likely N-dealkylation sites (tertiary alicyclic amines) is 1. The zero-order chi connectivity index (χ0) is 22.8. The predicted molar refractivity (Wildman–Crippen MR) is 129 cm³/mol. The van der Waals surface area contributed by atoms with Crippen LogP contribution in [-0.4, -0.2) is 44.5 Å². The first-order valence-electron chi connectivity index (χ1n) is 11.7. The summed E-state index contributed by atoms with van der Waals surface area (Å²) in [6.07, 6.45) is 10.8. The molecule has 2 aromatic heterocycles. The van der Waals surface area contributed by atoms with E-state index in [9.17, 15) is 4.79 Å². The van der Waals surface area contributed by atoms with Gasteiger partial charge in [0.05, 0.1) is 17.5 Å². The minimum absolute atomic E-state index is 0.118. The van der Waals surface area contributed by atoms with E-state index in [-0.39, 0.29) is 11.9 Å². The summed E-state index contributed by atoms with van der Waals surface area (Å²) in [5, 5.41) is 0.844. The number of benzene rings is 1. The molecule has 1 aliphatic heterocycles. The molecule has 1 saturated carbocycles. The van der Waals surface area contributed by atoms with E-state index in [2.05, 4.69) is 44.7 Å². The molecular formula is C26H29N5O2. The Balaban J connectivity index is 1.44. The van der Waals surface area contributed by atoms with Crippen molar-refractivity contribution in [1.29, 1.82) is 0 Å². The molecule has 1 aliphatic carbocycles. The largest absolute Gasteiger partial charge is 0.490 e. The molecule has 0 spiro atoms. The molecule has 2 N–H and O–H groups in total. The lowest BCUT2D eigenvalue weighted by Gasteiger charge is -2.23. The molecule has 170 valence electrons. The smallest absolute Gasteiger partial charge is 0.298 e. The maximum absolute atomic E-state index is 12.2. The maximum atomic E-state index is 12.2. The summed E-state index contributed by atoms with van der Waals surface area (Å²) in [7, 11) is 0. The van der Waals surface area contributed by atoms with Gasteiger partial charge in [0.2, 0.25) is 0 Å². The van der Waals surface area contributed by atoms with Gasteiger partial charge in [0, 0.05) is 24.8 Å². The first-order chi connectivity index (χ1) is 16.1. The molecule has 5 rings (SSSR count). The fourth-order valence-electron chi connectivity index (χ4n) is 5.03. The fourth-order valence-corrected chi connectivity index (χ4v) is 5.03. The van der Waals surface area contributed by atoms with Crippen molar-refractivity contribution in [3.63, 3.8) is 0 Å². The third-order valence-corrected chi connectivity index (χ3v) is 6.73. The molecule has 33 heavy (non-hydrogen) atoms. The quantitative estimate of drug-likeness (QED) is 0.611. The minimum Gasteiger partial charge on any atom is -0.490 e. The molecule has 3 heterocycles. The SMILES string of the molecule is CC#CC(=O)N1CCC(n2cc(-c3ccc(OC4CCCCC4)cc3)c3c(N)ncnc32)C1. The molecule has 0 bridgehead atoms. The van der Waals surface area contributed by atoms with Crippen LogP contribution in [0, 0.1) is 11.8 Å². The predicted octanol–water partition coefficient (Wildman–Crippen LogP) is 4.19.